The molecule has 8 heteroatoms. The standard InChI is InChI=1S/C20H20N4O3S/c1-24(16-7-9-28(26,27)13-16)17-10-15(11-21-12-17)20(25)23-18-6-2-4-14-5-3-8-22-19(14)18/h2-6,8,10-12,16H,7,9,13H2,1H3,(H,23,25). The minimum absolute atomic E-state index is 0.104. The van der Waals surface area contributed by atoms with Crippen molar-refractivity contribution in [3.63, 3.8) is 0 Å². The molecule has 1 amide bonds. The Morgan fingerprint density at radius 2 is 2.04 bits per heavy atom. The first-order chi connectivity index (χ1) is 13.4. The Balaban J connectivity index is 1.56. The number of benzene rings is 1. The van der Waals surface area contributed by atoms with Crippen LogP contribution in [0.2, 0.25) is 0 Å². The quantitative estimate of drug-likeness (QED) is 0.728. The molecule has 0 aliphatic carbocycles. The number of carbonyl (C=O) groups excluding carboxylic acids is 1. The molecule has 1 N–H and O–H groups in total. The molecule has 3 aromatic rings. The van der Waals surface area contributed by atoms with Crippen molar-refractivity contribution in [3.05, 3.63) is 60.6 Å². The summed E-state index contributed by atoms with van der Waals surface area (Å²) in [5.74, 6) is 0.0330. The normalized spacial score (nSPS) is 18.1. The Morgan fingerprint density at radius 1 is 1.21 bits per heavy atom. The number of pyridine rings is 2. The van der Waals surface area contributed by atoms with Crippen LogP contribution >= 0.6 is 0 Å². The average Bonchev–Trinajstić information content (AvgIpc) is 3.07. The van der Waals surface area contributed by atoms with Crippen molar-refractivity contribution < 1.29 is 13.2 Å². The van der Waals surface area contributed by atoms with Crippen LogP contribution in [-0.2, 0) is 9.84 Å². The zero-order valence-electron chi connectivity index (χ0n) is 15.4. The number of hydrogen-bond acceptors (Lipinski definition) is 6. The van der Waals surface area contributed by atoms with Crippen LogP contribution in [0.5, 0.6) is 0 Å². The van der Waals surface area contributed by atoms with E-state index >= 15 is 0 Å². The van der Waals surface area contributed by atoms with Crippen LogP contribution in [0, 0.1) is 0 Å². The average molecular weight is 396 g/mol. The molecule has 1 fully saturated rings. The largest absolute Gasteiger partial charge is 0.369 e. The molecule has 2 aromatic heterocycles. The smallest absolute Gasteiger partial charge is 0.257 e. The second-order valence-corrected chi connectivity index (χ2v) is 9.16. The summed E-state index contributed by atoms with van der Waals surface area (Å²) in [6, 6.07) is 11.0. The van der Waals surface area contributed by atoms with Crippen LogP contribution in [0.3, 0.4) is 0 Å². The Kier molecular flexibility index (Phi) is 4.72. The molecule has 7 nitrogen and oxygen atoms in total. The van der Waals surface area contributed by atoms with E-state index in [2.05, 4.69) is 15.3 Å². The van der Waals surface area contributed by atoms with Crippen LogP contribution in [0.25, 0.3) is 10.9 Å². The van der Waals surface area contributed by atoms with Crippen molar-refractivity contribution in [3.8, 4) is 0 Å². The summed E-state index contributed by atoms with van der Waals surface area (Å²) in [5, 5.41) is 3.83. The lowest BCUT2D eigenvalue weighted by Crippen LogP contribution is -2.32. The lowest BCUT2D eigenvalue weighted by atomic mass is 10.1. The first-order valence-electron chi connectivity index (χ1n) is 8.96. The van der Waals surface area contributed by atoms with E-state index in [0.29, 0.717) is 23.4 Å². The molecule has 0 spiro atoms. The van der Waals surface area contributed by atoms with Gasteiger partial charge >= 0.3 is 0 Å². The van der Waals surface area contributed by atoms with E-state index in [1.165, 1.54) is 6.20 Å². The van der Waals surface area contributed by atoms with Crippen LogP contribution < -0.4 is 10.2 Å². The number of aromatic nitrogens is 2. The molecule has 3 heterocycles. The predicted molar refractivity (Wildman–Crippen MR) is 109 cm³/mol. The fraction of sp³-hybridized carbons (Fsp3) is 0.250. The summed E-state index contributed by atoms with van der Waals surface area (Å²) in [6.45, 7) is 0. The van der Waals surface area contributed by atoms with Gasteiger partial charge in [-0.3, -0.25) is 14.8 Å². The van der Waals surface area contributed by atoms with Crippen LogP contribution in [0.1, 0.15) is 16.8 Å². The van der Waals surface area contributed by atoms with Crippen molar-refractivity contribution in [1.82, 2.24) is 9.97 Å². The second kappa shape index (κ2) is 7.20. The third kappa shape index (κ3) is 3.68. The Labute approximate surface area is 163 Å². The van der Waals surface area contributed by atoms with Crippen molar-refractivity contribution in [1.29, 1.82) is 0 Å². The maximum absolute atomic E-state index is 12.8. The molecule has 1 aliphatic rings. The third-order valence-electron chi connectivity index (χ3n) is 5.03. The highest BCUT2D eigenvalue weighted by Gasteiger charge is 2.31. The summed E-state index contributed by atoms with van der Waals surface area (Å²) in [7, 11) is -1.15. The van der Waals surface area contributed by atoms with Gasteiger partial charge in [0.05, 0.1) is 40.2 Å². The molecule has 0 radical (unpaired) electrons. The molecule has 28 heavy (non-hydrogen) atoms. The lowest BCUT2D eigenvalue weighted by molar-refractivity contribution is 0.102. The molecule has 1 atom stereocenters. The molecular weight excluding hydrogens is 376 g/mol. The molecule has 4 rings (SSSR count). The SMILES string of the molecule is CN(c1cncc(C(=O)Nc2cccc3cccnc23)c1)C1CCS(=O)(=O)C1. The topological polar surface area (TPSA) is 92.3 Å². The van der Waals surface area contributed by atoms with Gasteiger partial charge in [-0.25, -0.2) is 8.42 Å². The predicted octanol–water partition coefficient (Wildman–Crippen LogP) is 2.51. The van der Waals surface area contributed by atoms with E-state index < -0.39 is 9.84 Å². The minimum atomic E-state index is -2.98. The fourth-order valence-electron chi connectivity index (χ4n) is 3.44. The molecule has 1 unspecified atom stereocenters. The van der Waals surface area contributed by atoms with Gasteiger partial charge in [0.25, 0.3) is 5.91 Å². The number of fused-ring (bicyclic) bond motifs is 1. The zero-order chi connectivity index (χ0) is 19.7. The first kappa shape index (κ1) is 18.4. The number of rotatable bonds is 4. The van der Waals surface area contributed by atoms with E-state index in [1.807, 2.05) is 36.2 Å². The van der Waals surface area contributed by atoms with Gasteiger partial charge in [0.1, 0.15) is 0 Å². The molecule has 0 bridgehead atoms. The number of nitrogens with one attached hydrogen (secondary N) is 1. The number of amides is 1. The minimum Gasteiger partial charge on any atom is -0.369 e. The third-order valence-corrected chi connectivity index (χ3v) is 6.78. The lowest BCUT2D eigenvalue weighted by Gasteiger charge is -2.25. The van der Waals surface area contributed by atoms with Crippen LogP contribution in [0.4, 0.5) is 11.4 Å². The summed E-state index contributed by atoms with van der Waals surface area (Å²) in [6.07, 6.45) is 5.40. The molecule has 1 aliphatic heterocycles. The van der Waals surface area contributed by atoms with E-state index in [9.17, 15) is 13.2 Å². The maximum atomic E-state index is 12.8. The molecule has 144 valence electrons. The van der Waals surface area contributed by atoms with Crippen molar-refractivity contribution in [2.45, 2.75) is 12.5 Å². The van der Waals surface area contributed by atoms with Crippen LogP contribution in [-0.4, -0.2) is 48.9 Å². The zero-order valence-corrected chi connectivity index (χ0v) is 16.2. The number of para-hydroxylation sites is 1. The molecule has 1 saturated heterocycles. The number of hydrogen-bond donors (Lipinski definition) is 1. The number of carbonyl (C=O) groups is 1. The van der Waals surface area contributed by atoms with E-state index in [0.717, 1.165) is 10.9 Å². The fourth-order valence-corrected chi connectivity index (χ4v) is 5.21. The van der Waals surface area contributed by atoms with Gasteiger partial charge in [-0.15, -0.1) is 0 Å². The van der Waals surface area contributed by atoms with Gasteiger partial charge in [0.15, 0.2) is 9.84 Å². The number of sulfone groups is 1. The highest BCUT2D eigenvalue weighted by molar-refractivity contribution is 7.91. The van der Waals surface area contributed by atoms with Gasteiger partial charge in [0.2, 0.25) is 0 Å². The Bertz CT molecular complexity index is 1140. The summed E-state index contributed by atoms with van der Waals surface area (Å²) < 4.78 is 23.5. The summed E-state index contributed by atoms with van der Waals surface area (Å²) in [5.41, 5.74) is 2.46. The van der Waals surface area contributed by atoms with Gasteiger partial charge in [-0.05, 0) is 24.6 Å². The van der Waals surface area contributed by atoms with Crippen molar-refractivity contribution in [2.75, 3.05) is 28.8 Å². The Hall–Kier alpha value is -3.00. The van der Waals surface area contributed by atoms with Crippen LogP contribution in [0.15, 0.2) is 55.0 Å². The summed E-state index contributed by atoms with van der Waals surface area (Å²) >= 11 is 0. The monoisotopic (exact) mass is 396 g/mol. The number of nitrogens with zero attached hydrogens (tertiary/aromatic N) is 3. The van der Waals surface area contributed by atoms with Gasteiger partial charge < -0.3 is 10.2 Å². The van der Waals surface area contributed by atoms with Crippen molar-refractivity contribution >= 4 is 38.0 Å². The second-order valence-electron chi connectivity index (χ2n) is 6.93. The first-order valence-corrected chi connectivity index (χ1v) is 10.8. The Morgan fingerprint density at radius 3 is 2.82 bits per heavy atom. The highest BCUT2D eigenvalue weighted by atomic mass is 32.2. The van der Waals surface area contributed by atoms with Crippen molar-refractivity contribution in [2.24, 2.45) is 0 Å². The maximum Gasteiger partial charge on any atom is 0.257 e. The summed E-state index contributed by atoms with van der Waals surface area (Å²) in [4.78, 5) is 23.2. The van der Waals surface area contributed by atoms with Gasteiger partial charge in [-0.2, -0.15) is 0 Å². The van der Waals surface area contributed by atoms with Gasteiger partial charge in [-0.1, -0.05) is 18.2 Å². The number of anilines is 2. The molecular formula is C20H20N4O3S. The van der Waals surface area contributed by atoms with E-state index in [1.54, 1.807) is 24.5 Å². The highest BCUT2D eigenvalue weighted by Crippen LogP contribution is 2.24. The molecule has 0 saturated carbocycles. The van der Waals surface area contributed by atoms with E-state index in [-0.39, 0.29) is 23.5 Å². The van der Waals surface area contributed by atoms with Gasteiger partial charge in [0, 0.05) is 30.9 Å². The molecule has 1 aromatic carbocycles. The van der Waals surface area contributed by atoms with E-state index in [4.69, 9.17) is 0 Å².